The van der Waals surface area contributed by atoms with Gasteiger partial charge in [-0.2, -0.15) is 0 Å². The lowest BCUT2D eigenvalue weighted by molar-refractivity contribution is 0.239. The summed E-state index contributed by atoms with van der Waals surface area (Å²) in [6, 6.07) is 0.145. The van der Waals surface area contributed by atoms with Gasteiger partial charge in [0.2, 0.25) is 0 Å². The number of sulfone groups is 1. The van der Waals surface area contributed by atoms with Gasteiger partial charge in [-0.05, 0) is 38.1 Å². The van der Waals surface area contributed by atoms with Crippen LogP contribution in [-0.2, 0) is 9.84 Å². The normalized spacial score (nSPS) is 31.9. The van der Waals surface area contributed by atoms with Crippen molar-refractivity contribution in [2.45, 2.75) is 51.3 Å². The molecule has 0 bridgehead atoms. The molecular formula is C12H25NO2S. The Morgan fingerprint density at radius 1 is 1.31 bits per heavy atom. The van der Waals surface area contributed by atoms with Gasteiger partial charge in [-0.15, -0.1) is 0 Å². The molecule has 96 valence electrons. The lowest BCUT2D eigenvalue weighted by Crippen LogP contribution is -2.48. The molecule has 1 rings (SSSR count). The Labute approximate surface area is 99.9 Å². The number of hydrogen-bond acceptors (Lipinski definition) is 3. The predicted octanol–water partition coefficient (Wildman–Crippen LogP) is 1.83. The molecule has 3 atom stereocenters. The van der Waals surface area contributed by atoms with Crippen molar-refractivity contribution in [2.24, 2.45) is 11.8 Å². The minimum Gasteiger partial charge on any atom is -0.316 e. The van der Waals surface area contributed by atoms with Gasteiger partial charge in [0.25, 0.3) is 0 Å². The first kappa shape index (κ1) is 14.0. The predicted molar refractivity (Wildman–Crippen MR) is 68.3 cm³/mol. The van der Waals surface area contributed by atoms with Crippen molar-refractivity contribution in [3.63, 3.8) is 0 Å². The average Bonchev–Trinajstić information content (AvgIpc) is 2.28. The zero-order valence-corrected chi connectivity index (χ0v) is 11.7. The van der Waals surface area contributed by atoms with Gasteiger partial charge in [-0.25, -0.2) is 8.42 Å². The third-order valence-electron chi connectivity index (χ3n) is 4.00. The van der Waals surface area contributed by atoms with Gasteiger partial charge >= 0.3 is 0 Å². The van der Waals surface area contributed by atoms with Crippen molar-refractivity contribution in [3.8, 4) is 0 Å². The van der Waals surface area contributed by atoms with Crippen molar-refractivity contribution < 1.29 is 8.42 Å². The molecule has 0 heterocycles. The minimum absolute atomic E-state index is 0.145. The summed E-state index contributed by atoms with van der Waals surface area (Å²) in [5.41, 5.74) is 0. The number of hydrogen-bond donors (Lipinski definition) is 1. The van der Waals surface area contributed by atoms with E-state index in [2.05, 4.69) is 19.2 Å². The maximum Gasteiger partial charge on any atom is 0.154 e. The molecular weight excluding hydrogens is 222 g/mol. The largest absolute Gasteiger partial charge is 0.316 e. The molecule has 0 aliphatic heterocycles. The third-order valence-corrected chi connectivity index (χ3v) is 6.30. The zero-order chi connectivity index (χ0) is 12.3. The van der Waals surface area contributed by atoms with Crippen LogP contribution in [0.4, 0.5) is 0 Å². The number of rotatable bonds is 4. The third kappa shape index (κ3) is 2.98. The molecule has 1 saturated carbocycles. The van der Waals surface area contributed by atoms with E-state index in [1.807, 2.05) is 7.05 Å². The van der Waals surface area contributed by atoms with Crippen LogP contribution in [0.1, 0.15) is 40.0 Å². The first-order valence-electron chi connectivity index (χ1n) is 6.31. The van der Waals surface area contributed by atoms with Crippen molar-refractivity contribution >= 4 is 9.84 Å². The summed E-state index contributed by atoms with van der Waals surface area (Å²) < 4.78 is 23.9. The van der Waals surface area contributed by atoms with Crippen LogP contribution < -0.4 is 5.32 Å². The molecule has 0 radical (unpaired) electrons. The van der Waals surface area contributed by atoms with Crippen molar-refractivity contribution in [1.82, 2.24) is 5.32 Å². The second kappa shape index (κ2) is 5.50. The van der Waals surface area contributed by atoms with Crippen LogP contribution in [0.25, 0.3) is 0 Å². The summed E-state index contributed by atoms with van der Waals surface area (Å²) in [5, 5.41) is 3.03. The molecule has 1 N–H and O–H groups in total. The van der Waals surface area contributed by atoms with Crippen LogP contribution in [0.15, 0.2) is 0 Å². The van der Waals surface area contributed by atoms with Gasteiger partial charge in [0.1, 0.15) is 0 Å². The van der Waals surface area contributed by atoms with Gasteiger partial charge in [0, 0.05) is 11.8 Å². The van der Waals surface area contributed by atoms with Crippen LogP contribution >= 0.6 is 0 Å². The Hall–Kier alpha value is -0.0900. The maximum absolute atomic E-state index is 12.0. The summed E-state index contributed by atoms with van der Waals surface area (Å²) in [6.07, 6.45) is 2.88. The maximum atomic E-state index is 12.0. The lowest BCUT2D eigenvalue weighted by Gasteiger charge is -2.37. The Bertz CT molecular complexity index is 311. The average molecular weight is 247 g/mol. The summed E-state index contributed by atoms with van der Waals surface area (Å²) in [4.78, 5) is 0. The van der Waals surface area contributed by atoms with E-state index in [-0.39, 0.29) is 17.0 Å². The summed E-state index contributed by atoms with van der Waals surface area (Å²) >= 11 is 0. The van der Waals surface area contributed by atoms with E-state index in [1.54, 1.807) is 6.92 Å². The highest BCUT2D eigenvalue weighted by Crippen LogP contribution is 2.33. The van der Waals surface area contributed by atoms with Crippen LogP contribution in [0.3, 0.4) is 0 Å². The summed E-state index contributed by atoms with van der Waals surface area (Å²) in [7, 11) is -1.01. The van der Waals surface area contributed by atoms with Gasteiger partial charge in [-0.3, -0.25) is 0 Å². The smallest absolute Gasteiger partial charge is 0.154 e. The molecule has 1 aliphatic carbocycles. The monoisotopic (exact) mass is 247 g/mol. The lowest BCUT2D eigenvalue weighted by atomic mass is 9.79. The van der Waals surface area contributed by atoms with E-state index in [0.29, 0.717) is 11.8 Å². The molecule has 0 saturated heterocycles. The van der Waals surface area contributed by atoms with Crippen LogP contribution in [0, 0.1) is 11.8 Å². The molecule has 1 fully saturated rings. The molecule has 0 aromatic rings. The SMILES string of the molecule is CCS(=O)(=O)C1CCC(C(C)C)CC1NC. The van der Waals surface area contributed by atoms with E-state index in [9.17, 15) is 8.42 Å². The topological polar surface area (TPSA) is 46.2 Å². The Morgan fingerprint density at radius 3 is 2.38 bits per heavy atom. The van der Waals surface area contributed by atoms with Crippen LogP contribution in [0.5, 0.6) is 0 Å². The first-order chi connectivity index (χ1) is 7.42. The molecule has 0 aromatic carbocycles. The van der Waals surface area contributed by atoms with Crippen LogP contribution in [0.2, 0.25) is 0 Å². The summed E-state index contributed by atoms with van der Waals surface area (Å²) in [5.74, 6) is 1.59. The molecule has 0 aromatic heterocycles. The fourth-order valence-corrected chi connectivity index (χ4v) is 4.40. The molecule has 1 aliphatic rings. The van der Waals surface area contributed by atoms with E-state index >= 15 is 0 Å². The second-order valence-electron chi connectivity index (χ2n) is 5.20. The quantitative estimate of drug-likeness (QED) is 0.824. The van der Waals surface area contributed by atoms with Crippen molar-refractivity contribution in [2.75, 3.05) is 12.8 Å². The summed E-state index contributed by atoms with van der Waals surface area (Å²) in [6.45, 7) is 6.20. The minimum atomic E-state index is -2.89. The van der Waals surface area contributed by atoms with E-state index in [4.69, 9.17) is 0 Å². The van der Waals surface area contributed by atoms with Gasteiger partial charge < -0.3 is 5.32 Å². The van der Waals surface area contributed by atoms with Crippen LogP contribution in [-0.4, -0.2) is 32.5 Å². The van der Waals surface area contributed by atoms with Gasteiger partial charge in [0.15, 0.2) is 9.84 Å². The number of nitrogens with one attached hydrogen (secondary N) is 1. The first-order valence-corrected chi connectivity index (χ1v) is 8.02. The van der Waals surface area contributed by atoms with Gasteiger partial charge in [-0.1, -0.05) is 20.8 Å². The Kier molecular flexibility index (Phi) is 4.80. The highest BCUT2D eigenvalue weighted by atomic mass is 32.2. The zero-order valence-electron chi connectivity index (χ0n) is 10.9. The van der Waals surface area contributed by atoms with Gasteiger partial charge in [0.05, 0.1) is 5.25 Å². The van der Waals surface area contributed by atoms with E-state index in [0.717, 1.165) is 19.3 Å². The molecule has 3 nitrogen and oxygen atoms in total. The standard InChI is InChI=1S/C12H25NO2S/c1-5-16(14,15)12-7-6-10(9(2)3)8-11(12)13-4/h9-13H,5-8H2,1-4H3. The molecule has 0 amide bonds. The van der Waals surface area contributed by atoms with E-state index < -0.39 is 9.84 Å². The molecule has 0 spiro atoms. The molecule has 3 unspecified atom stereocenters. The van der Waals surface area contributed by atoms with Crippen molar-refractivity contribution in [1.29, 1.82) is 0 Å². The highest BCUT2D eigenvalue weighted by molar-refractivity contribution is 7.92. The second-order valence-corrected chi connectivity index (χ2v) is 7.71. The fourth-order valence-electron chi connectivity index (χ4n) is 2.73. The molecule has 16 heavy (non-hydrogen) atoms. The fraction of sp³-hybridized carbons (Fsp3) is 1.00. The highest BCUT2D eigenvalue weighted by Gasteiger charge is 2.37. The van der Waals surface area contributed by atoms with Crippen molar-refractivity contribution in [3.05, 3.63) is 0 Å². The Balaban J connectivity index is 2.77. The van der Waals surface area contributed by atoms with E-state index in [1.165, 1.54) is 0 Å². The molecule has 4 heteroatoms. The Morgan fingerprint density at radius 2 is 1.94 bits per heavy atom.